The summed E-state index contributed by atoms with van der Waals surface area (Å²) in [6, 6.07) is 6.06. The summed E-state index contributed by atoms with van der Waals surface area (Å²) < 4.78 is 72.4. The van der Waals surface area contributed by atoms with Gasteiger partial charge in [0, 0.05) is 28.8 Å². The van der Waals surface area contributed by atoms with E-state index >= 15 is 0 Å². The molecule has 134 valence electrons. The van der Waals surface area contributed by atoms with Gasteiger partial charge in [-0.2, -0.15) is 13.2 Å². The summed E-state index contributed by atoms with van der Waals surface area (Å²) >= 11 is 0. The summed E-state index contributed by atoms with van der Waals surface area (Å²) in [5.74, 6) is -2.85. The number of ether oxygens (including phenoxy) is 1. The van der Waals surface area contributed by atoms with Gasteiger partial charge >= 0.3 is 12.1 Å². The summed E-state index contributed by atoms with van der Waals surface area (Å²) in [6.45, 7) is 0. The number of esters is 1. The first-order valence-electron chi connectivity index (χ1n) is 7.26. The van der Waals surface area contributed by atoms with Crippen molar-refractivity contribution in [1.29, 1.82) is 0 Å². The van der Waals surface area contributed by atoms with Gasteiger partial charge in [-0.1, -0.05) is 0 Å². The maximum atomic E-state index is 14.2. The van der Waals surface area contributed by atoms with Crippen LogP contribution >= 0.6 is 0 Å². The Morgan fingerprint density at radius 2 is 1.81 bits per heavy atom. The number of nitrogens with zero attached hydrogens (tertiary/aromatic N) is 1. The number of rotatable bonds is 2. The number of hydrogen-bond acceptors (Lipinski definition) is 3. The molecule has 1 aromatic heterocycles. The number of carbonyl (C=O) groups excluding carboxylic acids is 1. The molecule has 0 fully saturated rings. The molecule has 0 amide bonds. The molecule has 0 unspecified atom stereocenters. The van der Waals surface area contributed by atoms with Crippen molar-refractivity contribution in [2.24, 2.45) is 0 Å². The monoisotopic (exact) mass is 367 g/mol. The van der Waals surface area contributed by atoms with Crippen molar-refractivity contribution in [3.8, 4) is 11.1 Å². The molecular weight excluding hydrogens is 357 g/mol. The molecule has 0 radical (unpaired) electrons. The fourth-order valence-electron chi connectivity index (χ4n) is 2.63. The van der Waals surface area contributed by atoms with E-state index in [2.05, 4.69) is 9.72 Å². The van der Waals surface area contributed by atoms with Crippen molar-refractivity contribution in [2.45, 2.75) is 6.18 Å². The lowest BCUT2D eigenvalue weighted by Crippen LogP contribution is -2.10. The zero-order chi connectivity index (χ0) is 19.1. The number of alkyl halides is 3. The Hall–Kier alpha value is -3.03. The molecule has 3 nitrogen and oxygen atoms in total. The Labute approximate surface area is 144 Å². The molecule has 3 rings (SSSR count). The fourth-order valence-corrected chi connectivity index (χ4v) is 2.63. The van der Waals surface area contributed by atoms with Crippen molar-refractivity contribution in [3.05, 3.63) is 65.4 Å². The average Bonchev–Trinajstić information content (AvgIpc) is 2.59. The second kappa shape index (κ2) is 6.36. The van der Waals surface area contributed by atoms with Gasteiger partial charge in [0.2, 0.25) is 0 Å². The van der Waals surface area contributed by atoms with Gasteiger partial charge in [-0.3, -0.25) is 4.98 Å². The zero-order valence-electron chi connectivity index (χ0n) is 13.2. The van der Waals surface area contributed by atoms with Crippen molar-refractivity contribution in [1.82, 2.24) is 4.98 Å². The Balaban J connectivity index is 2.43. The number of aromatic nitrogens is 1. The second-order valence-electron chi connectivity index (χ2n) is 5.39. The highest BCUT2D eigenvalue weighted by atomic mass is 19.4. The molecule has 0 bridgehead atoms. The van der Waals surface area contributed by atoms with E-state index < -0.39 is 40.5 Å². The van der Waals surface area contributed by atoms with E-state index in [1.807, 2.05) is 0 Å². The third kappa shape index (κ3) is 3.10. The van der Waals surface area contributed by atoms with Crippen LogP contribution in [0.4, 0.5) is 22.0 Å². The number of methoxy groups -OCH3 is 1. The molecule has 8 heteroatoms. The lowest BCUT2D eigenvalue weighted by atomic mass is 9.94. The molecule has 0 spiro atoms. The number of carbonyl (C=O) groups is 1. The minimum Gasteiger partial charge on any atom is -0.465 e. The van der Waals surface area contributed by atoms with E-state index in [-0.39, 0.29) is 16.5 Å². The van der Waals surface area contributed by atoms with Gasteiger partial charge in [-0.15, -0.1) is 0 Å². The molecule has 0 aliphatic heterocycles. The quantitative estimate of drug-likeness (QED) is 0.473. The van der Waals surface area contributed by atoms with Crippen LogP contribution < -0.4 is 0 Å². The smallest absolute Gasteiger partial charge is 0.418 e. The summed E-state index contributed by atoms with van der Waals surface area (Å²) in [4.78, 5) is 15.4. The van der Waals surface area contributed by atoms with E-state index in [1.165, 1.54) is 12.1 Å². The van der Waals surface area contributed by atoms with Crippen molar-refractivity contribution < 1.29 is 31.5 Å². The van der Waals surface area contributed by atoms with Crippen LogP contribution in [0.5, 0.6) is 0 Å². The highest BCUT2D eigenvalue weighted by molar-refractivity contribution is 6.01. The molecule has 0 aliphatic carbocycles. The van der Waals surface area contributed by atoms with E-state index in [9.17, 15) is 26.7 Å². The van der Waals surface area contributed by atoms with Crippen molar-refractivity contribution in [2.75, 3.05) is 7.11 Å². The number of benzene rings is 2. The molecule has 1 heterocycles. The molecule has 0 aliphatic rings. The second-order valence-corrected chi connectivity index (χ2v) is 5.39. The predicted molar refractivity (Wildman–Crippen MR) is 83.4 cm³/mol. The Bertz CT molecular complexity index is 1010. The van der Waals surface area contributed by atoms with Crippen molar-refractivity contribution in [3.63, 3.8) is 0 Å². The number of pyridine rings is 1. The van der Waals surface area contributed by atoms with E-state index in [0.717, 1.165) is 25.3 Å². The van der Waals surface area contributed by atoms with Crippen LogP contribution in [0.2, 0.25) is 0 Å². The highest BCUT2D eigenvalue weighted by Crippen LogP contribution is 2.41. The lowest BCUT2D eigenvalue weighted by Gasteiger charge is -2.16. The third-order valence-electron chi connectivity index (χ3n) is 3.79. The average molecular weight is 367 g/mol. The van der Waals surface area contributed by atoms with Gasteiger partial charge in [0.15, 0.2) is 0 Å². The number of hydrogen-bond donors (Lipinski definition) is 0. The van der Waals surface area contributed by atoms with Gasteiger partial charge in [-0.25, -0.2) is 13.6 Å². The lowest BCUT2D eigenvalue weighted by molar-refractivity contribution is -0.137. The zero-order valence-corrected chi connectivity index (χ0v) is 13.2. The minimum atomic E-state index is -4.83. The Morgan fingerprint density at radius 1 is 1.08 bits per heavy atom. The molecule has 0 saturated heterocycles. The minimum absolute atomic E-state index is 0.0232. The SMILES string of the molecule is COC(=O)c1ccc2ncc(C(F)(F)F)c(-c3ccc(F)cc3F)c2c1. The normalized spacial score (nSPS) is 11.6. The van der Waals surface area contributed by atoms with Gasteiger partial charge in [0.1, 0.15) is 11.6 Å². The van der Waals surface area contributed by atoms with Gasteiger partial charge in [0.25, 0.3) is 0 Å². The number of halogens is 5. The predicted octanol–water partition coefficient (Wildman–Crippen LogP) is 4.99. The van der Waals surface area contributed by atoms with E-state index in [0.29, 0.717) is 12.3 Å². The first-order chi connectivity index (χ1) is 12.2. The maximum absolute atomic E-state index is 14.2. The van der Waals surface area contributed by atoms with E-state index in [4.69, 9.17) is 0 Å². The third-order valence-corrected chi connectivity index (χ3v) is 3.79. The van der Waals surface area contributed by atoms with Crippen molar-refractivity contribution >= 4 is 16.9 Å². The molecule has 0 saturated carbocycles. The van der Waals surface area contributed by atoms with Crippen LogP contribution in [0.3, 0.4) is 0 Å². The summed E-state index contributed by atoms with van der Waals surface area (Å²) in [6.07, 6.45) is -4.25. The maximum Gasteiger partial charge on any atom is 0.418 e. The molecule has 26 heavy (non-hydrogen) atoms. The molecule has 0 N–H and O–H groups in total. The number of fused-ring (bicyclic) bond motifs is 1. The molecule has 2 aromatic carbocycles. The van der Waals surface area contributed by atoms with Gasteiger partial charge in [-0.05, 0) is 30.3 Å². The molecule has 0 atom stereocenters. The summed E-state index contributed by atoms with van der Waals surface area (Å²) in [7, 11) is 1.12. The first-order valence-corrected chi connectivity index (χ1v) is 7.26. The Morgan fingerprint density at radius 3 is 2.42 bits per heavy atom. The van der Waals surface area contributed by atoms with Gasteiger partial charge < -0.3 is 4.74 Å². The fraction of sp³-hybridized carbons (Fsp3) is 0.111. The summed E-state index contributed by atoms with van der Waals surface area (Å²) in [5.41, 5.74) is -2.08. The molecular formula is C18H10F5NO2. The van der Waals surface area contributed by atoms with Crippen LogP contribution in [0.25, 0.3) is 22.0 Å². The van der Waals surface area contributed by atoms with Crippen LogP contribution in [-0.2, 0) is 10.9 Å². The van der Waals surface area contributed by atoms with Crippen LogP contribution in [0.1, 0.15) is 15.9 Å². The topological polar surface area (TPSA) is 39.2 Å². The van der Waals surface area contributed by atoms with Crippen LogP contribution in [-0.4, -0.2) is 18.1 Å². The largest absolute Gasteiger partial charge is 0.465 e. The summed E-state index contributed by atoms with van der Waals surface area (Å²) in [5, 5.41) is -0.103. The van der Waals surface area contributed by atoms with Crippen LogP contribution in [0, 0.1) is 11.6 Å². The van der Waals surface area contributed by atoms with E-state index in [1.54, 1.807) is 0 Å². The Kier molecular flexibility index (Phi) is 4.35. The van der Waals surface area contributed by atoms with Gasteiger partial charge in [0.05, 0.1) is 23.8 Å². The molecule has 3 aromatic rings. The first kappa shape index (κ1) is 17.8. The standard InChI is InChI=1S/C18H10F5NO2/c1-26-17(25)9-2-5-15-12(6-9)16(13(8-24-15)18(21,22)23)11-4-3-10(19)7-14(11)20/h2-8H,1H3. The highest BCUT2D eigenvalue weighted by Gasteiger charge is 2.36. The van der Waals surface area contributed by atoms with Crippen LogP contribution in [0.15, 0.2) is 42.6 Å².